The van der Waals surface area contributed by atoms with Crippen LogP contribution in [0.2, 0.25) is 0 Å². The van der Waals surface area contributed by atoms with Crippen LogP contribution >= 0.6 is 0 Å². The number of nitrogens with two attached hydrogens (primary N) is 1. The van der Waals surface area contributed by atoms with Gasteiger partial charge in [0.15, 0.2) is 0 Å². The topological polar surface area (TPSA) is 51.4 Å². The Morgan fingerprint density at radius 2 is 1.82 bits per heavy atom. The van der Waals surface area contributed by atoms with E-state index in [0.29, 0.717) is 13.2 Å². The van der Waals surface area contributed by atoms with Crippen molar-refractivity contribution in [3.63, 3.8) is 0 Å². The molecule has 28 heavy (non-hydrogen) atoms. The fraction of sp³-hybridized carbons (Fsp3) is 0.292. The van der Waals surface area contributed by atoms with Crippen molar-refractivity contribution >= 4 is 28.7 Å². The maximum atomic E-state index is 6.04. The largest absolute Gasteiger partial charge is 0.493 e. The monoisotopic (exact) mass is 375 g/mol. The van der Waals surface area contributed by atoms with E-state index >= 15 is 0 Å². The summed E-state index contributed by atoms with van der Waals surface area (Å²) >= 11 is 0. The predicted molar refractivity (Wildman–Crippen MR) is 120 cm³/mol. The number of pyridine rings is 1. The van der Waals surface area contributed by atoms with E-state index in [0.717, 1.165) is 47.4 Å². The molecule has 0 atom stereocenters. The number of anilines is 1. The Hall–Kier alpha value is -2.85. The van der Waals surface area contributed by atoms with Crippen molar-refractivity contribution in [2.75, 3.05) is 31.1 Å². The number of nitrogens with zero attached hydrogens (tertiary/aromatic N) is 2. The van der Waals surface area contributed by atoms with Crippen molar-refractivity contribution in [1.82, 2.24) is 4.98 Å². The normalized spacial score (nSPS) is 11.2. The molecule has 0 aliphatic carbocycles. The lowest BCUT2D eigenvalue weighted by atomic mass is 10.1. The molecule has 1 heterocycles. The van der Waals surface area contributed by atoms with Gasteiger partial charge in [-0.15, -0.1) is 0 Å². The molecule has 4 nitrogen and oxygen atoms in total. The standard InChI is InChI=1S/C24H29N3O/c1-3-27(4-2)22-15-12-20(24(18-22)28-17-7-16-25)11-14-21-13-10-19-8-5-6-9-23(19)26-21/h5-6,8-15,18H,3-4,7,16-17,25H2,1-2H3/b14-11+. The van der Waals surface area contributed by atoms with E-state index in [2.05, 4.69) is 55.2 Å². The van der Waals surface area contributed by atoms with Gasteiger partial charge in [0.25, 0.3) is 0 Å². The van der Waals surface area contributed by atoms with Crippen molar-refractivity contribution in [1.29, 1.82) is 0 Å². The van der Waals surface area contributed by atoms with Crippen molar-refractivity contribution in [3.05, 3.63) is 65.9 Å². The molecule has 3 aromatic rings. The molecule has 0 saturated heterocycles. The zero-order chi connectivity index (χ0) is 19.8. The number of hydrogen-bond acceptors (Lipinski definition) is 4. The third-order valence-corrected chi connectivity index (χ3v) is 4.79. The first-order valence-corrected chi connectivity index (χ1v) is 10.0. The molecular weight excluding hydrogens is 346 g/mol. The lowest BCUT2D eigenvalue weighted by Crippen LogP contribution is -2.21. The number of ether oxygens (including phenoxy) is 1. The summed E-state index contributed by atoms with van der Waals surface area (Å²) in [6.07, 6.45) is 4.94. The van der Waals surface area contributed by atoms with Gasteiger partial charge in [-0.05, 0) is 63.2 Å². The molecule has 0 amide bonds. The molecule has 1 aromatic heterocycles. The smallest absolute Gasteiger partial charge is 0.128 e. The van der Waals surface area contributed by atoms with E-state index in [1.54, 1.807) is 0 Å². The summed E-state index contributed by atoms with van der Waals surface area (Å²) < 4.78 is 6.04. The molecule has 146 valence electrons. The van der Waals surface area contributed by atoms with Crippen LogP contribution in [-0.4, -0.2) is 31.2 Å². The van der Waals surface area contributed by atoms with Gasteiger partial charge >= 0.3 is 0 Å². The molecule has 0 fully saturated rings. The average molecular weight is 376 g/mol. The second-order valence-electron chi connectivity index (χ2n) is 6.65. The summed E-state index contributed by atoms with van der Waals surface area (Å²) in [5.74, 6) is 0.884. The van der Waals surface area contributed by atoms with Crippen molar-refractivity contribution in [3.8, 4) is 5.75 Å². The number of hydrogen-bond donors (Lipinski definition) is 1. The number of benzene rings is 2. The Balaban J connectivity index is 1.88. The SMILES string of the molecule is CCN(CC)c1ccc(/C=C/c2ccc3ccccc3n2)c(OCCCN)c1. The van der Waals surface area contributed by atoms with E-state index in [1.807, 2.05) is 30.3 Å². The van der Waals surface area contributed by atoms with E-state index in [1.165, 1.54) is 5.69 Å². The van der Waals surface area contributed by atoms with Crippen LogP contribution in [0.1, 0.15) is 31.5 Å². The fourth-order valence-electron chi connectivity index (χ4n) is 3.19. The first-order chi connectivity index (χ1) is 13.7. The third-order valence-electron chi connectivity index (χ3n) is 4.79. The molecule has 2 N–H and O–H groups in total. The molecule has 3 rings (SSSR count). The van der Waals surface area contributed by atoms with Crippen LogP contribution in [0.5, 0.6) is 5.75 Å². The molecule has 0 spiro atoms. The summed E-state index contributed by atoms with van der Waals surface area (Å²) in [4.78, 5) is 7.03. The lowest BCUT2D eigenvalue weighted by molar-refractivity contribution is 0.313. The molecule has 4 heteroatoms. The molecule has 0 aliphatic heterocycles. The van der Waals surface area contributed by atoms with Gasteiger partial charge in [0, 0.05) is 35.8 Å². The van der Waals surface area contributed by atoms with Gasteiger partial charge in [-0.2, -0.15) is 0 Å². The van der Waals surface area contributed by atoms with Crippen LogP contribution in [0.15, 0.2) is 54.6 Å². The second-order valence-corrected chi connectivity index (χ2v) is 6.65. The highest BCUT2D eigenvalue weighted by Crippen LogP contribution is 2.28. The van der Waals surface area contributed by atoms with Gasteiger partial charge in [-0.3, -0.25) is 0 Å². The molecular formula is C24H29N3O. The minimum Gasteiger partial charge on any atom is -0.493 e. The summed E-state index contributed by atoms with van der Waals surface area (Å²) in [6, 6.07) is 18.7. The van der Waals surface area contributed by atoms with E-state index in [4.69, 9.17) is 15.5 Å². The third kappa shape index (κ3) is 4.90. The molecule has 0 radical (unpaired) electrons. The first-order valence-electron chi connectivity index (χ1n) is 10.0. The quantitative estimate of drug-likeness (QED) is 0.536. The predicted octanol–water partition coefficient (Wildman–Crippen LogP) is 4.98. The highest BCUT2D eigenvalue weighted by Gasteiger charge is 2.08. The van der Waals surface area contributed by atoms with Crippen molar-refractivity contribution in [2.24, 2.45) is 5.73 Å². The highest BCUT2D eigenvalue weighted by molar-refractivity contribution is 5.81. The number of rotatable bonds is 9. The van der Waals surface area contributed by atoms with E-state index < -0.39 is 0 Å². The Kier molecular flexibility index (Phi) is 7.04. The molecule has 0 unspecified atom stereocenters. The van der Waals surface area contributed by atoms with Crippen LogP contribution in [-0.2, 0) is 0 Å². The zero-order valence-electron chi connectivity index (χ0n) is 16.8. The second kappa shape index (κ2) is 9.90. The van der Waals surface area contributed by atoms with Crippen molar-refractivity contribution < 1.29 is 4.74 Å². The Morgan fingerprint density at radius 1 is 1.00 bits per heavy atom. The minimum atomic E-state index is 0.618. The Bertz CT molecular complexity index is 932. The maximum absolute atomic E-state index is 6.04. The number of fused-ring (bicyclic) bond motifs is 1. The molecule has 0 bridgehead atoms. The van der Waals surface area contributed by atoms with Crippen LogP contribution in [0.4, 0.5) is 5.69 Å². The van der Waals surface area contributed by atoms with Crippen LogP contribution < -0.4 is 15.4 Å². The maximum Gasteiger partial charge on any atom is 0.128 e. The molecule has 2 aromatic carbocycles. The summed E-state index contributed by atoms with van der Waals surface area (Å²) in [5.41, 5.74) is 9.77. The lowest BCUT2D eigenvalue weighted by Gasteiger charge is -2.22. The van der Waals surface area contributed by atoms with Gasteiger partial charge in [0.1, 0.15) is 5.75 Å². The van der Waals surface area contributed by atoms with Gasteiger partial charge in [0.2, 0.25) is 0 Å². The van der Waals surface area contributed by atoms with Crippen LogP contribution in [0.3, 0.4) is 0 Å². The Labute approximate surface area is 167 Å². The van der Waals surface area contributed by atoms with Gasteiger partial charge < -0.3 is 15.4 Å². The zero-order valence-corrected chi connectivity index (χ0v) is 16.8. The highest BCUT2D eigenvalue weighted by atomic mass is 16.5. The molecule has 0 aliphatic rings. The van der Waals surface area contributed by atoms with Gasteiger partial charge in [-0.1, -0.05) is 24.3 Å². The summed E-state index contributed by atoms with van der Waals surface area (Å²) in [6.45, 7) is 7.51. The first kappa shape index (κ1) is 19.9. The van der Waals surface area contributed by atoms with E-state index in [-0.39, 0.29) is 0 Å². The fourth-order valence-corrected chi connectivity index (χ4v) is 3.19. The van der Waals surface area contributed by atoms with E-state index in [9.17, 15) is 0 Å². The Morgan fingerprint density at radius 3 is 2.61 bits per heavy atom. The van der Waals surface area contributed by atoms with Crippen LogP contribution in [0, 0.1) is 0 Å². The average Bonchev–Trinajstić information content (AvgIpc) is 2.74. The summed E-state index contributed by atoms with van der Waals surface area (Å²) in [7, 11) is 0. The van der Waals surface area contributed by atoms with Crippen molar-refractivity contribution in [2.45, 2.75) is 20.3 Å². The number of para-hydroxylation sites is 1. The van der Waals surface area contributed by atoms with Gasteiger partial charge in [0.05, 0.1) is 17.8 Å². The van der Waals surface area contributed by atoms with Crippen LogP contribution in [0.25, 0.3) is 23.1 Å². The van der Waals surface area contributed by atoms with Gasteiger partial charge in [-0.25, -0.2) is 4.98 Å². The molecule has 0 saturated carbocycles. The number of aromatic nitrogens is 1. The summed E-state index contributed by atoms with van der Waals surface area (Å²) in [5, 5.41) is 1.15. The minimum absolute atomic E-state index is 0.618.